The summed E-state index contributed by atoms with van der Waals surface area (Å²) in [6.45, 7) is 0. The summed E-state index contributed by atoms with van der Waals surface area (Å²) >= 11 is 1.83. The number of rotatable bonds is 6. The van der Waals surface area contributed by atoms with Gasteiger partial charge in [0, 0.05) is 47.6 Å². The summed E-state index contributed by atoms with van der Waals surface area (Å²) in [6.07, 6.45) is 0. The predicted octanol–water partition coefficient (Wildman–Crippen LogP) is 14.1. The van der Waals surface area contributed by atoms with Crippen molar-refractivity contribution in [3.05, 3.63) is 188 Å². The van der Waals surface area contributed by atoms with Gasteiger partial charge < -0.3 is 4.42 Å². The summed E-state index contributed by atoms with van der Waals surface area (Å²) in [7, 11) is 0. The number of nitrogens with zero attached hydrogens (tertiary/aromatic N) is 3. The molecule has 5 heteroatoms. The van der Waals surface area contributed by atoms with Gasteiger partial charge in [-0.1, -0.05) is 152 Å². The van der Waals surface area contributed by atoms with Crippen LogP contribution in [0.5, 0.6) is 0 Å². The average molecular weight is 734 g/mol. The third-order valence-electron chi connectivity index (χ3n) is 10.5. The molecule has 4 nitrogen and oxygen atoms in total. The van der Waals surface area contributed by atoms with E-state index in [1.807, 2.05) is 59.9 Å². The summed E-state index contributed by atoms with van der Waals surface area (Å²) in [5.41, 5.74) is 11.2. The molecule has 11 rings (SSSR count). The smallest absolute Gasteiger partial charge is 0.164 e. The zero-order chi connectivity index (χ0) is 37.0. The maximum Gasteiger partial charge on any atom is 0.164 e. The molecule has 0 spiro atoms. The second-order valence-corrected chi connectivity index (χ2v) is 15.1. The second kappa shape index (κ2) is 13.3. The zero-order valence-electron chi connectivity index (χ0n) is 30.1. The first-order valence-corrected chi connectivity index (χ1v) is 19.5. The van der Waals surface area contributed by atoms with Crippen LogP contribution in [-0.2, 0) is 0 Å². The molecule has 0 N–H and O–H groups in total. The Morgan fingerprint density at radius 2 is 0.804 bits per heavy atom. The molecule has 0 atom stereocenters. The fourth-order valence-corrected chi connectivity index (χ4v) is 9.02. The minimum atomic E-state index is 0.579. The third-order valence-corrected chi connectivity index (χ3v) is 11.6. The molecule has 3 aromatic heterocycles. The molecule has 11 aromatic rings. The van der Waals surface area contributed by atoms with Crippen molar-refractivity contribution in [1.29, 1.82) is 0 Å². The maximum absolute atomic E-state index is 6.69. The van der Waals surface area contributed by atoms with Crippen LogP contribution in [0.15, 0.2) is 192 Å². The van der Waals surface area contributed by atoms with Crippen LogP contribution < -0.4 is 0 Å². The molecule has 0 aliphatic carbocycles. The number of hydrogen-bond donors (Lipinski definition) is 0. The van der Waals surface area contributed by atoms with E-state index in [0.29, 0.717) is 17.5 Å². The topological polar surface area (TPSA) is 51.8 Å². The van der Waals surface area contributed by atoms with Gasteiger partial charge in [0.15, 0.2) is 17.5 Å². The van der Waals surface area contributed by atoms with Crippen molar-refractivity contribution < 1.29 is 4.42 Å². The molecule has 0 fully saturated rings. The highest BCUT2D eigenvalue weighted by atomic mass is 32.1. The van der Waals surface area contributed by atoms with E-state index in [-0.39, 0.29) is 0 Å². The van der Waals surface area contributed by atoms with Crippen LogP contribution in [0.2, 0.25) is 0 Å². The Balaban J connectivity index is 1.18. The average Bonchev–Trinajstić information content (AvgIpc) is 3.85. The van der Waals surface area contributed by atoms with Crippen LogP contribution in [-0.4, -0.2) is 15.0 Å². The summed E-state index contributed by atoms with van der Waals surface area (Å²) in [5.74, 6) is 1.80. The van der Waals surface area contributed by atoms with Gasteiger partial charge in [-0.3, -0.25) is 0 Å². The van der Waals surface area contributed by atoms with Gasteiger partial charge >= 0.3 is 0 Å². The van der Waals surface area contributed by atoms with Crippen LogP contribution in [0.4, 0.5) is 0 Å². The van der Waals surface area contributed by atoms with Crippen LogP contribution in [0.1, 0.15) is 0 Å². The lowest BCUT2D eigenvalue weighted by Crippen LogP contribution is -2.00. The highest BCUT2D eigenvalue weighted by Crippen LogP contribution is 2.47. The Morgan fingerprint density at radius 3 is 1.50 bits per heavy atom. The fourth-order valence-electron chi connectivity index (χ4n) is 7.85. The zero-order valence-corrected chi connectivity index (χ0v) is 30.9. The normalized spacial score (nSPS) is 11.6. The molecule has 0 bridgehead atoms. The molecule has 0 saturated heterocycles. The minimum Gasteiger partial charge on any atom is -0.456 e. The van der Waals surface area contributed by atoms with E-state index in [1.165, 1.54) is 31.3 Å². The molecule has 8 aromatic carbocycles. The number of hydrogen-bond acceptors (Lipinski definition) is 5. The highest BCUT2D eigenvalue weighted by molar-refractivity contribution is 7.26. The van der Waals surface area contributed by atoms with Crippen molar-refractivity contribution in [2.24, 2.45) is 0 Å². The Bertz CT molecular complexity index is 3230. The molecule has 262 valence electrons. The first-order chi connectivity index (χ1) is 27.7. The van der Waals surface area contributed by atoms with E-state index in [0.717, 1.165) is 60.9 Å². The number of aromatic nitrogens is 3. The molecule has 0 unspecified atom stereocenters. The van der Waals surface area contributed by atoms with E-state index in [9.17, 15) is 0 Å². The summed E-state index contributed by atoms with van der Waals surface area (Å²) < 4.78 is 9.18. The number of fused-ring (bicyclic) bond motifs is 6. The van der Waals surface area contributed by atoms with Gasteiger partial charge in [-0.25, -0.2) is 15.0 Å². The molecule has 0 aliphatic heterocycles. The summed E-state index contributed by atoms with van der Waals surface area (Å²) in [5, 5.41) is 4.61. The Labute approximate surface area is 327 Å². The first-order valence-electron chi connectivity index (χ1n) is 18.7. The van der Waals surface area contributed by atoms with E-state index < -0.39 is 0 Å². The Hall–Kier alpha value is -7.21. The lowest BCUT2D eigenvalue weighted by atomic mass is 9.91. The van der Waals surface area contributed by atoms with E-state index >= 15 is 0 Å². The molecule has 0 saturated carbocycles. The van der Waals surface area contributed by atoms with E-state index in [1.54, 1.807) is 0 Å². The lowest BCUT2D eigenvalue weighted by Gasteiger charge is -2.13. The monoisotopic (exact) mass is 733 g/mol. The highest BCUT2D eigenvalue weighted by Gasteiger charge is 2.22. The first kappa shape index (κ1) is 32.2. The van der Waals surface area contributed by atoms with Gasteiger partial charge in [-0.05, 0) is 69.8 Å². The van der Waals surface area contributed by atoms with Crippen LogP contribution in [0, 0.1) is 0 Å². The van der Waals surface area contributed by atoms with Crippen molar-refractivity contribution in [3.63, 3.8) is 0 Å². The largest absolute Gasteiger partial charge is 0.456 e. The van der Waals surface area contributed by atoms with Crippen molar-refractivity contribution in [1.82, 2.24) is 15.0 Å². The predicted molar refractivity (Wildman–Crippen MR) is 233 cm³/mol. The SMILES string of the molecule is c1ccc(-c2ccc(-c3nc(-c4ccccc4)nc(-c4cc(-c5cc(-c6ccccc6)cc6sc7ccccc7c56)c5c(c4)oc4ccccc45)n3)cc2)cc1. The summed E-state index contributed by atoms with van der Waals surface area (Å²) in [4.78, 5) is 15.4. The lowest BCUT2D eigenvalue weighted by molar-refractivity contribution is 0.669. The molecule has 0 aliphatic rings. The van der Waals surface area contributed by atoms with Crippen LogP contribution >= 0.6 is 11.3 Å². The van der Waals surface area contributed by atoms with E-state index in [4.69, 9.17) is 19.4 Å². The second-order valence-electron chi connectivity index (χ2n) is 14.0. The van der Waals surface area contributed by atoms with Gasteiger partial charge in [-0.2, -0.15) is 0 Å². The fraction of sp³-hybridized carbons (Fsp3) is 0. The van der Waals surface area contributed by atoms with Crippen LogP contribution in [0.3, 0.4) is 0 Å². The maximum atomic E-state index is 6.69. The standard InChI is InChI=1S/C51H31N3OS/c1-4-14-32(15-5-1)34-24-26-36(27-25-34)50-52-49(35-18-8-3-9-19-35)53-51(54-50)38-29-41(47-39-20-10-12-22-43(39)55-44(47)30-38)42-28-37(33-16-6-2-7-17-33)31-46-48(42)40-21-11-13-23-45(40)56-46/h1-31H. The van der Waals surface area contributed by atoms with Crippen molar-refractivity contribution in [2.45, 2.75) is 0 Å². The Morgan fingerprint density at radius 1 is 0.321 bits per heavy atom. The Kier molecular flexibility index (Phi) is 7.64. The molecule has 3 heterocycles. The van der Waals surface area contributed by atoms with Crippen molar-refractivity contribution in [3.8, 4) is 67.5 Å². The van der Waals surface area contributed by atoms with E-state index in [2.05, 4.69) is 140 Å². The minimum absolute atomic E-state index is 0.579. The van der Waals surface area contributed by atoms with Gasteiger partial charge in [-0.15, -0.1) is 11.3 Å². The van der Waals surface area contributed by atoms with Gasteiger partial charge in [0.05, 0.1) is 0 Å². The number of furan rings is 1. The number of para-hydroxylation sites is 1. The molecule has 56 heavy (non-hydrogen) atoms. The van der Waals surface area contributed by atoms with Gasteiger partial charge in [0.25, 0.3) is 0 Å². The third kappa shape index (κ3) is 5.56. The quantitative estimate of drug-likeness (QED) is 0.171. The molecular formula is C51H31N3OS. The van der Waals surface area contributed by atoms with Crippen LogP contribution in [0.25, 0.3) is 110 Å². The van der Waals surface area contributed by atoms with Gasteiger partial charge in [0.2, 0.25) is 0 Å². The number of thiophene rings is 1. The van der Waals surface area contributed by atoms with Gasteiger partial charge in [0.1, 0.15) is 11.2 Å². The van der Waals surface area contributed by atoms with Crippen molar-refractivity contribution in [2.75, 3.05) is 0 Å². The molecule has 0 amide bonds. The molecular weight excluding hydrogens is 703 g/mol. The van der Waals surface area contributed by atoms with Crippen molar-refractivity contribution >= 4 is 53.4 Å². The summed E-state index contributed by atoms with van der Waals surface area (Å²) in [6, 6.07) is 65.7. The number of benzene rings is 8. The molecule has 0 radical (unpaired) electrons.